The number of carboxylic acid groups (broad SMARTS) is 1. The minimum atomic E-state index is -3.26. The predicted molar refractivity (Wildman–Crippen MR) is 102 cm³/mol. The lowest BCUT2D eigenvalue weighted by Crippen LogP contribution is -2.42. The molecule has 1 saturated carbocycles. The molecule has 3 saturated heterocycles. The summed E-state index contributed by atoms with van der Waals surface area (Å²) in [7, 11) is -3.26. The van der Waals surface area contributed by atoms with E-state index in [0.29, 0.717) is 25.6 Å². The van der Waals surface area contributed by atoms with Gasteiger partial charge in [-0.25, -0.2) is 13.1 Å². The largest absolute Gasteiger partial charge is 0.483 e. The average Bonchev–Trinajstić information content (AvgIpc) is 3.05. The second-order valence-electron chi connectivity index (χ2n) is 8.47. The van der Waals surface area contributed by atoms with E-state index in [4.69, 9.17) is 19.2 Å². The van der Waals surface area contributed by atoms with Crippen LogP contribution in [-0.4, -0.2) is 73.1 Å². The van der Waals surface area contributed by atoms with Crippen molar-refractivity contribution in [1.29, 1.82) is 0 Å². The van der Waals surface area contributed by atoms with Crippen molar-refractivity contribution in [2.45, 2.75) is 37.4 Å². The maximum absolute atomic E-state index is 12.6. The van der Waals surface area contributed by atoms with Crippen molar-refractivity contribution in [3.8, 4) is 0 Å². The van der Waals surface area contributed by atoms with Gasteiger partial charge in [-0.15, -0.1) is 0 Å². The number of likely N-dealkylation sites (tertiary alicyclic amines) is 1. The molecular weight excluding hydrogens is 418 g/mol. The molecule has 4 atom stereocenters. The van der Waals surface area contributed by atoms with Crippen LogP contribution < -0.4 is 10.3 Å². The summed E-state index contributed by atoms with van der Waals surface area (Å²) in [5.41, 5.74) is -0.847. The van der Waals surface area contributed by atoms with E-state index >= 15 is 0 Å². The molecule has 166 valence electrons. The molecule has 1 amide bonds. The number of carbonyl (C=O) groups is 2. The van der Waals surface area contributed by atoms with Crippen molar-refractivity contribution in [1.82, 2.24) is 14.8 Å². The molecule has 2 bridgehead atoms. The molecule has 4 heterocycles. The summed E-state index contributed by atoms with van der Waals surface area (Å²) in [6.07, 6.45) is 3.78. The summed E-state index contributed by atoms with van der Waals surface area (Å²) in [6, 6.07) is 1.15. The van der Waals surface area contributed by atoms with Gasteiger partial charge in [0.1, 0.15) is 0 Å². The van der Waals surface area contributed by atoms with E-state index in [0.717, 1.165) is 31.7 Å². The molecule has 0 radical (unpaired) electrons. The summed E-state index contributed by atoms with van der Waals surface area (Å²) in [5.74, 6) is 0.321. The summed E-state index contributed by atoms with van der Waals surface area (Å²) in [6.45, 7) is 1.04. The van der Waals surface area contributed by atoms with Crippen LogP contribution in [0.5, 0.6) is 0 Å². The van der Waals surface area contributed by atoms with Gasteiger partial charge < -0.3 is 19.3 Å². The molecule has 0 unspecified atom stereocenters. The second kappa shape index (κ2) is 7.82. The maximum Gasteiger partial charge on any atom is 0.292 e. The number of amides is 1. The van der Waals surface area contributed by atoms with Crippen LogP contribution in [0.25, 0.3) is 0 Å². The van der Waals surface area contributed by atoms with Gasteiger partial charge in [-0.3, -0.25) is 14.4 Å². The second-order valence-corrected chi connectivity index (χ2v) is 10.3. The Bertz CT molecular complexity index is 968. The molecule has 11 nitrogen and oxygen atoms in total. The van der Waals surface area contributed by atoms with Crippen LogP contribution in [-0.2, 0) is 19.6 Å². The lowest BCUT2D eigenvalue weighted by atomic mass is 9.74. The number of rotatable bonds is 6. The first-order chi connectivity index (χ1) is 14.3. The minimum absolute atomic E-state index is 0.00685. The Morgan fingerprint density at radius 3 is 2.77 bits per heavy atom. The third kappa shape index (κ3) is 4.03. The first-order valence-electron chi connectivity index (χ1n) is 9.98. The highest BCUT2D eigenvalue weighted by atomic mass is 32.2. The number of nitrogens with zero attached hydrogens (tertiary/aromatic N) is 1. The smallest absolute Gasteiger partial charge is 0.292 e. The molecule has 30 heavy (non-hydrogen) atoms. The van der Waals surface area contributed by atoms with E-state index in [1.54, 1.807) is 4.90 Å². The van der Waals surface area contributed by atoms with Crippen molar-refractivity contribution in [3.05, 3.63) is 22.2 Å². The quantitative estimate of drug-likeness (QED) is 0.502. The fourth-order valence-electron chi connectivity index (χ4n) is 5.04. The zero-order chi connectivity index (χ0) is 21.5. The van der Waals surface area contributed by atoms with Crippen molar-refractivity contribution >= 4 is 22.4 Å². The third-order valence-corrected chi connectivity index (χ3v) is 8.01. The zero-order valence-electron chi connectivity index (χ0n) is 16.3. The number of H-pyrrole nitrogens is 1. The first kappa shape index (κ1) is 21.1. The van der Waals surface area contributed by atoms with Gasteiger partial charge in [0.25, 0.3) is 17.9 Å². The Balaban J connectivity index is 0.000000687. The third-order valence-electron chi connectivity index (χ3n) is 6.50. The van der Waals surface area contributed by atoms with Crippen molar-refractivity contribution < 1.29 is 32.4 Å². The van der Waals surface area contributed by atoms with Gasteiger partial charge in [0.05, 0.1) is 30.1 Å². The molecule has 3 aliphatic heterocycles. The topological polar surface area (TPSA) is 159 Å². The molecule has 0 aromatic carbocycles. The van der Waals surface area contributed by atoms with Crippen LogP contribution >= 0.6 is 0 Å². The van der Waals surface area contributed by atoms with Gasteiger partial charge in [-0.05, 0) is 31.6 Å². The molecule has 1 aliphatic carbocycles. The van der Waals surface area contributed by atoms with Crippen LogP contribution in [0.3, 0.4) is 0 Å². The minimum Gasteiger partial charge on any atom is -0.483 e. The van der Waals surface area contributed by atoms with Crippen LogP contribution in [0, 0.1) is 17.8 Å². The first-order valence-corrected chi connectivity index (χ1v) is 11.6. The molecule has 3 N–H and O–H groups in total. The highest BCUT2D eigenvalue weighted by molar-refractivity contribution is 7.89. The van der Waals surface area contributed by atoms with Gasteiger partial charge >= 0.3 is 0 Å². The van der Waals surface area contributed by atoms with Crippen LogP contribution in [0.1, 0.15) is 36.2 Å². The number of fused-ring (bicyclic) bond motifs is 1. The number of carbonyl (C=O) groups excluding carboxylic acids is 1. The van der Waals surface area contributed by atoms with Crippen molar-refractivity contribution in [2.75, 3.05) is 25.4 Å². The van der Waals surface area contributed by atoms with Crippen LogP contribution in [0.4, 0.5) is 0 Å². The standard InChI is InChI=1S/C17H23N3O6S.CH2O2/c21-15-5-14(26-19-15)16(22)20-7-12-11(13-3-4-17(12,9-20)25-13)6-18-27(23,24)8-10-1-2-10;2-1-3/h5,10-13,18H,1-4,6-9H2,(H,19,21);1H,(H,2,3)/t11-,12+,13+,17+;/m0./s1. The van der Waals surface area contributed by atoms with Gasteiger partial charge in [0, 0.05) is 24.9 Å². The number of aromatic nitrogens is 1. The molecule has 4 aliphatic rings. The van der Waals surface area contributed by atoms with Gasteiger partial charge in [-0.1, -0.05) is 0 Å². The Labute approximate surface area is 172 Å². The van der Waals surface area contributed by atoms with Gasteiger partial charge in [0.15, 0.2) is 0 Å². The molecule has 5 rings (SSSR count). The number of sulfonamides is 1. The average molecular weight is 443 g/mol. The molecule has 4 fully saturated rings. The monoisotopic (exact) mass is 443 g/mol. The lowest BCUT2D eigenvalue weighted by molar-refractivity contribution is -0.122. The molecular formula is C18H25N3O8S. The summed E-state index contributed by atoms with van der Waals surface area (Å²) < 4.78 is 38.4. The molecule has 1 spiro atoms. The summed E-state index contributed by atoms with van der Waals surface area (Å²) in [5, 5.41) is 9.02. The number of nitrogens with one attached hydrogen (secondary N) is 2. The predicted octanol–water partition coefficient (Wildman–Crippen LogP) is -0.382. The lowest BCUT2D eigenvalue weighted by Gasteiger charge is -2.29. The highest BCUT2D eigenvalue weighted by Gasteiger charge is 2.63. The Morgan fingerprint density at radius 2 is 2.13 bits per heavy atom. The molecule has 1 aromatic heterocycles. The van der Waals surface area contributed by atoms with Crippen LogP contribution in [0.2, 0.25) is 0 Å². The van der Waals surface area contributed by atoms with Gasteiger partial charge in [-0.2, -0.15) is 5.16 Å². The number of hydrogen-bond donors (Lipinski definition) is 3. The van der Waals surface area contributed by atoms with E-state index in [9.17, 15) is 18.0 Å². The maximum atomic E-state index is 12.6. The normalized spacial score (nSPS) is 31.9. The Morgan fingerprint density at radius 1 is 1.40 bits per heavy atom. The number of hydrogen-bond acceptors (Lipinski definition) is 7. The highest BCUT2D eigenvalue weighted by Crippen LogP contribution is 2.54. The summed E-state index contributed by atoms with van der Waals surface area (Å²) >= 11 is 0. The van der Waals surface area contributed by atoms with E-state index in [2.05, 4.69) is 9.88 Å². The molecule has 1 aromatic rings. The fourth-order valence-corrected chi connectivity index (χ4v) is 6.56. The van der Waals surface area contributed by atoms with E-state index < -0.39 is 21.2 Å². The Hall–Kier alpha value is -2.18. The SMILES string of the molecule is O=C(c1cc(=O)[nH]o1)N1C[C@@H]2[C@H](CNS(=O)(=O)CC3CC3)[C@H]3CC[C@]2(C1)O3.O=CO. The molecule has 12 heteroatoms. The van der Waals surface area contributed by atoms with E-state index in [1.807, 2.05) is 0 Å². The van der Waals surface area contributed by atoms with E-state index in [1.165, 1.54) is 0 Å². The number of aromatic amines is 1. The van der Waals surface area contributed by atoms with E-state index in [-0.39, 0.29) is 41.8 Å². The van der Waals surface area contributed by atoms with Crippen molar-refractivity contribution in [2.24, 2.45) is 17.8 Å². The van der Waals surface area contributed by atoms with Crippen molar-refractivity contribution in [3.63, 3.8) is 0 Å². The van der Waals surface area contributed by atoms with Crippen LogP contribution in [0.15, 0.2) is 15.4 Å². The number of ether oxygens (including phenoxy) is 1. The summed E-state index contributed by atoms with van der Waals surface area (Å²) in [4.78, 5) is 33.9. The van der Waals surface area contributed by atoms with Gasteiger partial charge in [0.2, 0.25) is 15.8 Å². The zero-order valence-corrected chi connectivity index (χ0v) is 17.1. The Kier molecular flexibility index (Phi) is 5.49. The fraction of sp³-hybridized carbons (Fsp3) is 0.722.